The predicted molar refractivity (Wildman–Crippen MR) is 96.0 cm³/mol. The van der Waals surface area contributed by atoms with Gasteiger partial charge in [-0.15, -0.1) is 0 Å². The van der Waals surface area contributed by atoms with E-state index < -0.39 is 0 Å². The van der Waals surface area contributed by atoms with Crippen molar-refractivity contribution >= 4 is 16.6 Å². The second kappa shape index (κ2) is 6.03. The third-order valence-corrected chi connectivity index (χ3v) is 4.54. The second-order valence-electron chi connectivity index (χ2n) is 6.35. The SMILES string of the molecule is Cc1nn(C)c(C)c1CC(C)Nc1ccnc2c(C)cccc12. The highest BCUT2D eigenvalue weighted by atomic mass is 15.3. The second-order valence-corrected chi connectivity index (χ2v) is 6.35. The maximum Gasteiger partial charge on any atom is 0.0751 e. The molecule has 0 saturated carbocycles. The smallest absolute Gasteiger partial charge is 0.0751 e. The van der Waals surface area contributed by atoms with Crippen molar-refractivity contribution < 1.29 is 0 Å². The van der Waals surface area contributed by atoms with E-state index in [0.717, 1.165) is 23.3 Å². The lowest BCUT2D eigenvalue weighted by molar-refractivity contribution is 0.727. The summed E-state index contributed by atoms with van der Waals surface area (Å²) >= 11 is 0. The molecular weight excluding hydrogens is 284 g/mol. The number of nitrogens with one attached hydrogen (secondary N) is 1. The molecule has 0 bridgehead atoms. The minimum Gasteiger partial charge on any atom is -0.382 e. The first-order valence-electron chi connectivity index (χ1n) is 8.07. The first-order valence-corrected chi connectivity index (χ1v) is 8.07. The molecule has 0 aliphatic heterocycles. The van der Waals surface area contributed by atoms with Gasteiger partial charge in [-0.25, -0.2) is 0 Å². The van der Waals surface area contributed by atoms with Crippen molar-refractivity contribution in [2.45, 2.75) is 40.2 Å². The molecule has 0 aliphatic rings. The summed E-state index contributed by atoms with van der Waals surface area (Å²) in [6.07, 6.45) is 2.84. The summed E-state index contributed by atoms with van der Waals surface area (Å²) in [6.45, 7) is 8.53. The molecule has 1 aromatic carbocycles. The Morgan fingerprint density at radius 1 is 1.17 bits per heavy atom. The van der Waals surface area contributed by atoms with Gasteiger partial charge < -0.3 is 5.32 Å². The van der Waals surface area contributed by atoms with E-state index >= 15 is 0 Å². The number of aromatic nitrogens is 3. The Bertz CT molecular complexity index is 848. The van der Waals surface area contributed by atoms with Gasteiger partial charge in [0.15, 0.2) is 0 Å². The van der Waals surface area contributed by atoms with Gasteiger partial charge in [-0.1, -0.05) is 18.2 Å². The summed E-state index contributed by atoms with van der Waals surface area (Å²) in [4.78, 5) is 4.51. The quantitative estimate of drug-likeness (QED) is 0.794. The van der Waals surface area contributed by atoms with Gasteiger partial charge in [0.05, 0.1) is 11.2 Å². The average Bonchev–Trinajstić information content (AvgIpc) is 2.75. The number of nitrogens with zero attached hydrogens (tertiary/aromatic N) is 3. The molecule has 0 radical (unpaired) electrons. The van der Waals surface area contributed by atoms with Crippen LogP contribution in [-0.2, 0) is 13.5 Å². The zero-order valence-corrected chi connectivity index (χ0v) is 14.5. The molecule has 3 rings (SSSR count). The van der Waals surface area contributed by atoms with Gasteiger partial charge in [-0.3, -0.25) is 9.67 Å². The lowest BCUT2D eigenvalue weighted by Gasteiger charge is -2.17. The molecule has 0 spiro atoms. The maximum absolute atomic E-state index is 4.51. The van der Waals surface area contributed by atoms with Crippen molar-refractivity contribution in [2.24, 2.45) is 7.05 Å². The van der Waals surface area contributed by atoms with Gasteiger partial charge >= 0.3 is 0 Å². The topological polar surface area (TPSA) is 42.7 Å². The van der Waals surface area contributed by atoms with Crippen LogP contribution in [-0.4, -0.2) is 20.8 Å². The predicted octanol–water partition coefficient (Wildman–Crippen LogP) is 3.94. The van der Waals surface area contributed by atoms with Crippen LogP contribution in [0, 0.1) is 20.8 Å². The van der Waals surface area contributed by atoms with Crippen LogP contribution in [0.5, 0.6) is 0 Å². The van der Waals surface area contributed by atoms with Crippen molar-refractivity contribution in [1.82, 2.24) is 14.8 Å². The van der Waals surface area contributed by atoms with Crippen LogP contribution >= 0.6 is 0 Å². The third kappa shape index (κ3) is 2.93. The molecule has 1 unspecified atom stereocenters. The fourth-order valence-electron chi connectivity index (χ4n) is 3.19. The Balaban J connectivity index is 1.86. The summed E-state index contributed by atoms with van der Waals surface area (Å²) in [5.41, 5.74) is 7.12. The van der Waals surface area contributed by atoms with Crippen LogP contribution in [0.4, 0.5) is 5.69 Å². The standard InChI is InChI=1S/C19H24N4/c1-12-7-6-8-16-18(9-10-20-19(12)16)21-13(2)11-17-14(3)22-23(5)15(17)4/h6-10,13H,11H2,1-5H3,(H,20,21). The summed E-state index contributed by atoms with van der Waals surface area (Å²) in [5, 5.41) is 9.34. The maximum atomic E-state index is 4.51. The van der Waals surface area contributed by atoms with Crippen LogP contribution in [0.25, 0.3) is 10.9 Å². The van der Waals surface area contributed by atoms with E-state index in [0.29, 0.717) is 6.04 Å². The van der Waals surface area contributed by atoms with Gasteiger partial charge in [0.2, 0.25) is 0 Å². The number of fused-ring (bicyclic) bond motifs is 1. The highest BCUT2D eigenvalue weighted by Gasteiger charge is 2.14. The Kier molecular flexibility index (Phi) is 4.07. The van der Waals surface area contributed by atoms with Crippen LogP contribution in [0.2, 0.25) is 0 Å². The van der Waals surface area contributed by atoms with E-state index in [1.165, 1.54) is 22.2 Å². The highest BCUT2D eigenvalue weighted by molar-refractivity contribution is 5.92. The summed E-state index contributed by atoms with van der Waals surface area (Å²) < 4.78 is 1.96. The number of hydrogen-bond donors (Lipinski definition) is 1. The van der Waals surface area contributed by atoms with Crippen LogP contribution in [0.1, 0.15) is 29.4 Å². The summed E-state index contributed by atoms with van der Waals surface area (Å²) in [5.74, 6) is 0. The van der Waals surface area contributed by atoms with Crippen molar-refractivity contribution in [3.8, 4) is 0 Å². The molecule has 4 heteroatoms. The minimum atomic E-state index is 0.322. The van der Waals surface area contributed by atoms with Crippen LogP contribution in [0.3, 0.4) is 0 Å². The van der Waals surface area contributed by atoms with Crippen LogP contribution in [0.15, 0.2) is 30.5 Å². The minimum absolute atomic E-state index is 0.322. The molecule has 0 saturated heterocycles. The van der Waals surface area contributed by atoms with Crippen molar-refractivity contribution in [3.05, 3.63) is 53.0 Å². The Morgan fingerprint density at radius 3 is 2.65 bits per heavy atom. The molecule has 23 heavy (non-hydrogen) atoms. The number of rotatable bonds is 4. The Hall–Kier alpha value is -2.36. The average molecular weight is 308 g/mol. The number of hydrogen-bond acceptors (Lipinski definition) is 3. The molecule has 120 valence electrons. The van der Waals surface area contributed by atoms with Crippen molar-refractivity contribution in [1.29, 1.82) is 0 Å². The van der Waals surface area contributed by atoms with Gasteiger partial charge in [0.1, 0.15) is 0 Å². The number of para-hydroxylation sites is 1. The monoisotopic (exact) mass is 308 g/mol. The molecule has 2 heterocycles. The fraction of sp³-hybridized carbons (Fsp3) is 0.368. The molecule has 4 nitrogen and oxygen atoms in total. The molecule has 0 aliphatic carbocycles. The largest absolute Gasteiger partial charge is 0.382 e. The van der Waals surface area contributed by atoms with Gasteiger partial charge in [-0.2, -0.15) is 5.10 Å². The summed E-state index contributed by atoms with van der Waals surface area (Å²) in [7, 11) is 2.00. The Labute approximate surface area is 137 Å². The molecule has 3 aromatic rings. The van der Waals surface area contributed by atoms with Gasteiger partial charge in [0, 0.05) is 36.1 Å². The van der Waals surface area contributed by atoms with E-state index in [1.807, 2.05) is 17.9 Å². The van der Waals surface area contributed by atoms with E-state index in [2.05, 4.69) is 67.4 Å². The van der Waals surface area contributed by atoms with E-state index in [4.69, 9.17) is 0 Å². The lowest BCUT2D eigenvalue weighted by Crippen LogP contribution is -2.19. The van der Waals surface area contributed by atoms with E-state index in [9.17, 15) is 0 Å². The van der Waals surface area contributed by atoms with E-state index in [1.54, 1.807) is 0 Å². The first-order chi connectivity index (χ1) is 11.0. The zero-order chi connectivity index (χ0) is 16.6. The fourth-order valence-corrected chi connectivity index (χ4v) is 3.19. The number of anilines is 1. The highest BCUT2D eigenvalue weighted by Crippen LogP contribution is 2.25. The molecular formula is C19H24N4. The normalized spacial score (nSPS) is 12.6. The molecule has 1 N–H and O–H groups in total. The molecule has 2 aromatic heterocycles. The summed E-state index contributed by atoms with van der Waals surface area (Å²) in [6, 6.07) is 8.70. The number of pyridine rings is 1. The molecule has 1 atom stereocenters. The number of aryl methyl sites for hydroxylation is 3. The van der Waals surface area contributed by atoms with Crippen molar-refractivity contribution in [2.75, 3.05) is 5.32 Å². The number of benzene rings is 1. The first kappa shape index (κ1) is 15.5. The third-order valence-electron chi connectivity index (χ3n) is 4.54. The Morgan fingerprint density at radius 2 is 1.96 bits per heavy atom. The van der Waals surface area contributed by atoms with Gasteiger partial charge in [0.25, 0.3) is 0 Å². The zero-order valence-electron chi connectivity index (χ0n) is 14.5. The van der Waals surface area contributed by atoms with Crippen molar-refractivity contribution in [3.63, 3.8) is 0 Å². The van der Waals surface area contributed by atoms with Gasteiger partial charge in [-0.05, 0) is 51.3 Å². The molecule has 0 amide bonds. The molecule has 0 fully saturated rings. The van der Waals surface area contributed by atoms with Crippen LogP contribution < -0.4 is 5.32 Å². The lowest BCUT2D eigenvalue weighted by atomic mass is 10.0. The van der Waals surface area contributed by atoms with E-state index in [-0.39, 0.29) is 0 Å².